The van der Waals surface area contributed by atoms with Gasteiger partial charge >= 0.3 is 11.9 Å². The maximum Gasteiger partial charge on any atom is 0.331 e. The van der Waals surface area contributed by atoms with E-state index in [1.165, 1.54) is 0 Å². The van der Waals surface area contributed by atoms with Crippen LogP contribution in [-0.2, 0) is 19.1 Å². The normalized spacial score (nSPS) is 10.7. The van der Waals surface area contributed by atoms with Crippen LogP contribution in [0.4, 0.5) is 17.6 Å². The topological polar surface area (TPSA) is 86.7 Å². The second-order valence-corrected chi connectivity index (χ2v) is 5.64. The number of esters is 2. The molecule has 0 fully saturated rings. The van der Waals surface area contributed by atoms with E-state index in [4.69, 9.17) is 0 Å². The third-order valence-corrected chi connectivity index (χ3v) is 3.50. The third-order valence-electron chi connectivity index (χ3n) is 3.50. The number of hydrogen-bond acceptors (Lipinski definition) is 6. The van der Waals surface area contributed by atoms with E-state index >= 15 is 0 Å². The lowest BCUT2D eigenvalue weighted by atomic mass is 10.1. The van der Waals surface area contributed by atoms with Gasteiger partial charge in [0.1, 0.15) is 23.3 Å². The van der Waals surface area contributed by atoms with Crippen LogP contribution in [0.15, 0.2) is 48.6 Å². The Balaban J connectivity index is 1.82. The van der Waals surface area contributed by atoms with E-state index in [9.17, 15) is 36.7 Å². The molecule has 0 radical (unpaired) electrons. The summed E-state index contributed by atoms with van der Waals surface area (Å²) < 4.78 is 62.0. The first-order valence-corrected chi connectivity index (χ1v) is 8.15. The standard InChI is InChI=1S/C20H12F4O6/c21-11-1-3-15(23)13(7-11)17(25)9-29-19(27)5-6-20(28)30-10-18(26)14-8-12(22)2-4-16(14)24/h1-8H,9-10H2/b6-5+. The molecule has 0 aromatic heterocycles. The summed E-state index contributed by atoms with van der Waals surface area (Å²) in [5.41, 5.74) is -1.23. The van der Waals surface area contributed by atoms with Gasteiger partial charge < -0.3 is 9.47 Å². The summed E-state index contributed by atoms with van der Waals surface area (Å²) in [6.45, 7) is -1.84. The smallest absolute Gasteiger partial charge is 0.331 e. The van der Waals surface area contributed by atoms with Crippen molar-refractivity contribution in [1.29, 1.82) is 0 Å². The molecule has 2 rings (SSSR count). The van der Waals surface area contributed by atoms with Crippen LogP contribution in [-0.4, -0.2) is 36.7 Å². The van der Waals surface area contributed by atoms with Gasteiger partial charge in [-0.05, 0) is 36.4 Å². The maximum atomic E-state index is 13.4. The van der Waals surface area contributed by atoms with Gasteiger partial charge in [-0.3, -0.25) is 9.59 Å². The van der Waals surface area contributed by atoms with Gasteiger partial charge in [-0.2, -0.15) is 0 Å². The Morgan fingerprint density at radius 3 is 1.40 bits per heavy atom. The lowest BCUT2D eigenvalue weighted by molar-refractivity contribution is -0.139. The van der Waals surface area contributed by atoms with Crippen molar-refractivity contribution in [3.63, 3.8) is 0 Å². The van der Waals surface area contributed by atoms with Gasteiger partial charge in [0, 0.05) is 12.2 Å². The minimum absolute atomic E-state index is 0.560. The quantitative estimate of drug-likeness (QED) is 0.280. The number of hydrogen-bond donors (Lipinski definition) is 0. The Labute approximate surface area is 166 Å². The molecule has 156 valence electrons. The minimum atomic E-state index is -1.18. The highest BCUT2D eigenvalue weighted by Gasteiger charge is 2.16. The number of ether oxygens (including phenoxy) is 2. The number of carbonyl (C=O) groups excluding carboxylic acids is 4. The molecule has 0 saturated carbocycles. The van der Waals surface area contributed by atoms with E-state index in [2.05, 4.69) is 9.47 Å². The van der Waals surface area contributed by atoms with Crippen LogP contribution >= 0.6 is 0 Å². The molecule has 0 atom stereocenters. The monoisotopic (exact) mass is 424 g/mol. The Morgan fingerprint density at radius 2 is 1.03 bits per heavy atom. The van der Waals surface area contributed by atoms with Crippen molar-refractivity contribution >= 4 is 23.5 Å². The van der Waals surface area contributed by atoms with Crippen LogP contribution < -0.4 is 0 Å². The number of halogens is 4. The number of carbonyl (C=O) groups is 4. The first-order chi connectivity index (χ1) is 14.2. The van der Waals surface area contributed by atoms with Gasteiger partial charge in [0.2, 0.25) is 11.6 Å². The summed E-state index contributed by atoms with van der Waals surface area (Å²) in [6.07, 6.45) is 1.12. The van der Waals surface area contributed by atoms with E-state index in [0.29, 0.717) is 24.3 Å². The second kappa shape index (κ2) is 10.1. The van der Waals surface area contributed by atoms with Gasteiger partial charge in [0.15, 0.2) is 13.2 Å². The van der Waals surface area contributed by atoms with Crippen LogP contribution in [0.3, 0.4) is 0 Å². The van der Waals surface area contributed by atoms with Gasteiger partial charge in [-0.15, -0.1) is 0 Å². The Hall–Kier alpha value is -3.82. The molecule has 0 heterocycles. The molecule has 0 aliphatic heterocycles. The predicted molar refractivity (Wildman–Crippen MR) is 92.4 cm³/mol. The molecular formula is C20H12F4O6. The highest BCUT2D eigenvalue weighted by Crippen LogP contribution is 2.11. The summed E-state index contributed by atoms with van der Waals surface area (Å²) in [7, 11) is 0. The molecule has 2 aromatic rings. The lowest BCUT2D eigenvalue weighted by Gasteiger charge is -2.04. The Morgan fingerprint density at radius 1 is 0.667 bits per heavy atom. The van der Waals surface area contributed by atoms with Gasteiger partial charge in [-0.1, -0.05) is 0 Å². The fraction of sp³-hybridized carbons (Fsp3) is 0.100. The highest BCUT2D eigenvalue weighted by atomic mass is 19.1. The predicted octanol–water partition coefficient (Wildman–Crippen LogP) is 2.95. The van der Waals surface area contributed by atoms with Crippen LogP contribution in [0.1, 0.15) is 20.7 Å². The fourth-order valence-electron chi connectivity index (χ4n) is 2.08. The first kappa shape index (κ1) is 22.5. The largest absolute Gasteiger partial charge is 0.454 e. The summed E-state index contributed by atoms with van der Waals surface area (Å²) in [5, 5.41) is 0. The van der Waals surface area contributed by atoms with Crippen LogP contribution in [0.25, 0.3) is 0 Å². The van der Waals surface area contributed by atoms with Gasteiger partial charge in [0.25, 0.3) is 0 Å². The van der Waals surface area contributed by atoms with Crippen molar-refractivity contribution < 1.29 is 46.2 Å². The molecular weight excluding hydrogens is 412 g/mol. The van der Waals surface area contributed by atoms with E-state index in [1.807, 2.05) is 0 Å². The third kappa shape index (κ3) is 6.36. The summed E-state index contributed by atoms with van der Waals surface area (Å²) in [6, 6.07) is 4.35. The number of ketones is 2. The Bertz CT molecular complexity index is 950. The van der Waals surface area contributed by atoms with Crippen molar-refractivity contribution in [3.8, 4) is 0 Å². The van der Waals surface area contributed by atoms with E-state index in [0.717, 1.165) is 24.3 Å². The molecule has 0 unspecified atom stereocenters. The number of rotatable bonds is 8. The average Bonchev–Trinajstić information content (AvgIpc) is 2.72. The fourth-order valence-corrected chi connectivity index (χ4v) is 2.08. The number of Topliss-reactive ketones (excluding diaryl/α,β-unsaturated/α-hetero) is 2. The molecule has 30 heavy (non-hydrogen) atoms. The summed E-state index contributed by atoms with van der Waals surface area (Å²) >= 11 is 0. The first-order valence-electron chi connectivity index (χ1n) is 8.15. The van der Waals surface area contributed by atoms with Crippen molar-refractivity contribution in [2.75, 3.05) is 13.2 Å². The molecule has 2 aromatic carbocycles. The molecule has 0 N–H and O–H groups in total. The van der Waals surface area contributed by atoms with Crippen molar-refractivity contribution in [2.24, 2.45) is 0 Å². The van der Waals surface area contributed by atoms with Crippen molar-refractivity contribution in [1.82, 2.24) is 0 Å². The van der Waals surface area contributed by atoms with Crippen LogP contribution in [0, 0.1) is 23.3 Å². The molecule has 0 aliphatic rings. The molecule has 6 nitrogen and oxygen atoms in total. The van der Waals surface area contributed by atoms with Crippen molar-refractivity contribution in [3.05, 3.63) is 82.9 Å². The molecule has 0 amide bonds. The minimum Gasteiger partial charge on any atom is -0.454 e. The van der Waals surface area contributed by atoms with Crippen LogP contribution in [0.2, 0.25) is 0 Å². The zero-order valence-electron chi connectivity index (χ0n) is 15.0. The molecule has 10 heteroatoms. The summed E-state index contributed by atoms with van der Waals surface area (Å²) in [5.74, 6) is -8.12. The SMILES string of the molecule is O=C(/C=C/C(=O)OCC(=O)c1cc(F)ccc1F)OCC(=O)c1cc(F)ccc1F. The Kier molecular flexibility index (Phi) is 7.56. The van der Waals surface area contributed by atoms with Gasteiger partial charge in [-0.25, -0.2) is 27.2 Å². The number of benzene rings is 2. The van der Waals surface area contributed by atoms with E-state index in [1.54, 1.807) is 0 Å². The maximum absolute atomic E-state index is 13.4. The van der Waals surface area contributed by atoms with Crippen LogP contribution in [0.5, 0.6) is 0 Å². The highest BCUT2D eigenvalue weighted by molar-refractivity contribution is 6.00. The molecule has 0 bridgehead atoms. The average molecular weight is 424 g/mol. The molecule has 0 saturated heterocycles. The zero-order valence-corrected chi connectivity index (χ0v) is 15.0. The summed E-state index contributed by atoms with van der Waals surface area (Å²) in [4.78, 5) is 46.4. The lowest BCUT2D eigenvalue weighted by Crippen LogP contribution is -2.16. The molecule has 0 spiro atoms. The van der Waals surface area contributed by atoms with Crippen molar-refractivity contribution in [2.45, 2.75) is 0 Å². The van der Waals surface area contributed by atoms with Gasteiger partial charge in [0.05, 0.1) is 11.1 Å². The molecule has 0 aliphatic carbocycles. The second-order valence-electron chi connectivity index (χ2n) is 5.64. The zero-order chi connectivity index (χ0) is 22.3. The van der Waals surface area contributed by atoms with E-state index < -0.39 is 71.1 Å². The van der Waals surface area contributed by atoms with E-state index in [-0.39, 0.29) is 0 Å².